The van der Waals surface area contributed by atoms with E-state index in [1.165, 1.54) is 43.5 Å². The number of carbonyl (C=O) groups is 1. The molecule has 1 aromatic carbocycles. The minimum atomic E-state index is -1.50. The summed E-state index contributed by atoms with van der Waals surface area (Å²) in [4.78, 5) is 20.7. The van der Waals surface area contributed by atoms with E-state index in [9.17, 15) is 13.6 Å². The van der Waals surface area contributed by atoms with Gasteiger partial charge in [-0.25, -0.2) is 13.8 Å². The molecule has 1 aliphatic carbocycles. The number of nitrogens with zero attached hydrogens (tertiary/aromatic N) is 3. The Bertz CT molecular complexity index is 1050. The Morgan fingerprint density at radius 2 is 2.24 bits per heavy atom. The van der Waals surface area contributed by atoms with Crippen molar-refractivity contribution in [1.29, 1.82) is 5.26 Å². The van der Waals surface area contributed by atoms with Crippen LogP contribution in [0.15, 0.2) is 41.5 Å². The topological polar surface area (TPSA) is 101 Å². The fourth-order valence-electron chi connectivity index (χ4n) is 3.96. The van der Waals surface area contributed by atoms with Crippen molar-refractivity contribution in [2.24, 2.45) is 16.6 Å². The second kappa shape index (κ2) is 6.92. The van der Waals surface area contributed by atoms with Crippen molar-refractivity contribution in [3.05, 3.63) is 64.7 Å². The molecule has 2 heterocycles. The van der Waals surface area contributed by atoms with Gasteiger partial charge in [0, 0.05) is 24.1 Å². The highest BCUT2D eigenvalue weighted by atomic mass is 19.1. The van der Waals surface area contributed by atoms with Crippen LogP contribution in [-0.2, 0) is 16.7 Å². The molecule has 4 atom stereocenters. The lowest BCUT2D eigenvalue weighted by molar-refractivity contribution is 0.0987. The van der Waals surface area contributed by atoms with E-state index in [1.807, 2.05) is 6.07 Å². The van der Waals surface area contributed by atoms with Crippen LogP contribution in [0.25, 0.3) is 0 Å². The normalized spacial score (nSPS) is 25.8. The summed E-state index contributed by atoms with van der Waals surface area (Å²) in [6.07, 6.45) is 0.0255. The molecule has 2 aromatic rings. The highest BCUT2D eigenvalue weighted by Gasteiger charge is 2.62. The number of nitriles is 1. The molecule has 4 rings (SSSR count). The number of amidine groups is 1. The van der Waals surface area contributed by atoms with E-state index in [0.29, 0.717) is 17.5 Å². The van der Waals surface area contributed by atoms with Gasteiger partial charge in [-0.15, -0.1) is 0 Å². The fraction of sp³-hybridized carbons (Fsp3) is 0.333. The Morgan fingerprint density at radius 3 is 2.90 bits per heavy atom. The summed E-state index contributed by atoms with van der Waals surface area (Å²) in [6, 6.07) is 8.92. The third kappa shape index (κ3) is 3.23. The van der Waals surface area contributed by atoms with E-state index in [4.69, 9.17) is 15.7 Å². The number of ketones is 1. The van der Waals surface area contributed by atoms with Crippen LogP contribution in [0.4, 0.5) is 8.78 Å². The number of nitrogens with two attached hydrogens (primary N) is 1. The zero-order chi connectivity index (χ0) is 20.8. The molecule has 1 aliphatic heterocycles. The van der Waals surface area contributed by atoms with Crippen LogP contribution in [0.1, 0.15) is 40.5 Å². The molecule has 1 saturated carbocycles. The number of fused-ring (bicyclic) bond motifs is 1. The highest BCUT2D eigenvalue weighted by molar-refractivity contribution is 5.95. The molecule has 0 amide bonds. The van der Waals surface area contributed by atoms with E-state index in [2.05, 4.69) is 9.98 Å². The molecule has 148 valence electrons. The molecular formula is C21H18F2N4O2. The quantitative estimate of drug-likeness (QED) is 0.783. The lowest BCUT2D eigenvalue weighted by atomic mass is 9.80. The number of alkyl halides is 1. The molecule has 0 radical (unpaired) electrons. The second-order valence-electron chi connectivity index (χ2n) is 7.35. The molecule has 2 N–H and O–H groups in total. The van der Waals surface area contributed by atoms with Gasteiger partial charge in [0.25, 0.3) is 6.02 Å². The molecule has 1 unspecified atom stereocenters. The number of carbonyl (C=O) groups excluding carboxylic acids is 1. The molecule has 0 bridgehead atoms. The Hall–Kier alpha value is -3.34. The molecule has 0 spiro atoms. The van der Waals surface area contributed by atoms with Crippen molar-refractivity contribution < 1.29 is 18.3 Å². The summed E-state index contributed by atoms with van der Waals surface area (Å²) in [5, 5.41) is 8.83. The smallest absolute Gasteiger partial charge is 0.283 e. The molecular weight excluding hydrogens is 378 g/mol. The summed E-state index contributed by atoms with van der Waals surface area (Å²) in [6.45, 7) is 1.33. The van der Waals surface area contributed by atoms with Gasteiger partial charge in [0.2, 0.25) is 0 Å². The number of benzene rings is 1. The largest absolute Gasteiger partial charge is 0.462 e. The Balaban J connectivity index is 1.68. The van der Waals surface area contributed by atoms with Crippen LogP contribution in [-0.4, -0.2) is 29.1 Å². The van der Waals surface area contributed by atoms with Gasteiger partial charge in [-0.3, -0.25) is 9.78 Å². The third-order valence-electron chi connectivity index (χ3n) is 5.48. The van der Waals surface area contributed by atoms with Gasteiger partial charge in [0.15, 0.2) is 5.78 Å². The maximum Gasteiger partial charge on any atom is 0.283 e. The lowest BCUT2D eigenvalue weighted by Crippen LogP contribution is -2.44. The first-order valence-corrected chi connectivity index (χ1v) is 9.19. The number of hydrogen-bond acceptors (Lipinski definition) is 6. The van der Waals surface area contributed by atoms with Gasteiger partial charge in [-0.05, 0) is 43.2 Å². The lowest BCUT2D eigenvalue weighted by Gasteiger charge is -2.35. The molecule has 2 aliphatic rings. The summed E-state index contributed by atoms with van der Waals surface area (Å²) in [7, 11) is 0. The Labute approximate surface area is 166 Å². The number of aromatic nitrogens is 1. The number of ether oxygens (including phenoxy) is 1. The number of halogens is 2. The standard InChI is InChI=1S/C21H18F2N4O2/c1-11(22)21(15-8-19(15)29-20(25)27-21)14-6-12(2-4-16(14)23)7-18(28)17-5-3-13(9-24)10-26-17/h2-6,10-11,15,19H,7-8H2,1H3,(H2,25,27)/t11?,15-,19+,21+/m0/s1. The van der Waals surface area contributed by atoms with Crippen LogP contribution >= 0.6 is 0 Å². The van der Waals surface area contributed by atoms with Crippen molar-refractivity contribution in [3.63, 3.8) is 0 Å². The molecule has 8 heteroatoms. The first-order chi connectivity index (χ1) is 13.8. The number of rotatable bonds is 5. The van der Waals surface area contributed by atoms with Crippen molar-refractivity contribution in [1.82, 2.24) is 4.98 Å². The first kappa shape index (κ1) is 19.0. The zero-order valence-electron chi connectivity index (χ0n) is 15.6. The Kier molecular flexibility index (Phi) is 4.53. The molecule has 1 fully saturated rings. The van der Waals surface area contributed by atoms with E-state index in [0.717, 1.165) is 0 Å². The van der Waals surface area contributed by atoms with Crippen LogP contribution in [0.5, 0.6) is 0 Å². The minimum absolute atomic E-state index is 0.0489. The summed E-state index contributed by atoms with van der Waals surface area (Å²) in [5.41, 5.74) is 5.38. The summed E-state index contributed by atoms with van der Waals surface area (Å²) in [5.74, 6) is -1.21. The predicted octanol–water partition coefficient (Wildman–Crippen LogP) is 2.80. The van der Waals surface area contributed by atoms with Crippen molar-refractivity contribution in [3.8, 4) is 6.07 Å². The van der Waals surface area contributed by atoms with Crippen LogP contribution in [0.3, 0.4) is 0 Å². The average molecular weight is 396 g/mol. The minimum Gasteiger partial charge on any atom is -0.462 e. The number of hydrogen-bond donors (Lipinski definition) is 1. The summed E-state index contributed by atoms with van der Waals surface area (Å²) >= 11 is 0. The fourth-order valence-corrected chi connectivity index (χ4v) is 3.96. The monoisotopic (exact) mass is 396 g/mol. The predicted molar refractivity (Wildman–Crippen MR) is 100 cm³/mol. The molecule has 6 nitrogen and oxygen atoms in total. The first-order valence-electron chi connectivity index (χ1n) is 9.19. The van der Waals surface area contributed by atoms with Gasteiger partial charge < -0.3 is 10.5 Å². The van der Waals surface area contributed by atoms with Crippen LogP contribution in [0, 0.1) is 23.1 Å². The third-order valence-corrected chi connectivity index (χ3v) is 5.48. The Morgan fingerprint density at radius 1 is 1.45 bits per heavy atom. The number of Topliss-reactive ketones (excluding diaryl/α,β-unsaturated/α-hetero) is 1. The van der Waals surface area contributed by atoms with Crippen molar-refractivity contribution in [2.45, 2.75) is 37.6 Å². The maximum absolute atomic E-state index is 14.8. The molecule has 29 heavy (non-hydrogen) atoms. The van der Waals surface area contributed by atoms with E-state index >= 15 is 0 Å². The second-order valence-corrected chi connectivity index (χ2v) is 7.35. The van der Waals surface area contributed by atoms with E-state index in [1.54, 1.807) is 0 Å². The van der Waals surface area contributed by atoms with Gasteiger partial charge in [0.05, 0.1) is 5.56 Å². The van der Waals surface area contributed by atoms with E-state index in [-0.39, 0.29) is 41.5 Å². The van der Waals surface area contributed by atoms with Crippen LogP contribution in [0.2, 0.25) is 0 Å². The summed E-state index contributed by atoms with van der Waals surface area (Å²) < 4.78 is 34.9. The zero-order valence-corrected chi connectivity index (χ0v) is 15.6. The van der Waals surface area contributed by atoms with Gasteiger partial charge in [0.1, 0.15) is 35.4 Å². The molecule has 1 aromatic heterocycles. The van der Waals surface area contributed by atoms with Crippen molar-refractivity contribution in [2.75, 3.05) is 0 Å². The SMILES string of the molecule is CC(F)[C@]1(c2cc(CC(=O)c3ccc(C#N)cn3)ccc2F)N=C(N)O[C@@H]2C[C@@H]21. The van der Waals surface area contributed by atoms with Gasteiger partial charge in [-0.2, -0.15) is 5.26 Å². The van der Waals surface area contributed by atoms with E-state index < -0.39 is 17.5 Å². The van der Waals surface area contributed by atoms with Crippen LogP contribution < -0.4 is 5.73 Å². The van der Waals surface area contributed by atoms with Crippen molar-refractivity contribution >= 4 is 11.8 Å². The van der Waals surface area contributed by atoms with Gasteiger partial charge in [-0.1, -0.05) is 6.07 Å². The number of aliphatic imine (C=N–C) groups is 1. The number of pyridine rings is 1. The molecule has 0 saturated heterocycles. The highest BCUT2D eigenvalue weighted by Crippen LogP contribution is 2.55. The maximum atomic E-state index is 14.8. The average Bonchev–Trinajstić information content (AvgIpc) is 3.48. The van der Waals surface area contributed by atoms with Gasteiger partial charge >= 0.3 is 0 Å².